The number of hydrogen-bond donors (Lipinski definition) is 1. The summed E-state index contributed by atoms with van der Waals surface area (Å²) in [4.78, 5) is 2.32. The minimum atomic E-state index is 0.251. The van der Waals surface area contributed by atoms with Gasteiger partial charge in [0.2, 0.25) is 0 Å². The van der Waals surface area contributed by atoms with Gasteiger partial charge in [0, 0.05) is 38.8 Å². The molecule has 0 radical (unpaired) electrons. The molecule has 2 unspecified atom stereocenters. The maximum absolute atomic E-state index is 5.84. The molecule has 1 fully saturated rings. The zero-order valence-electron chi connectivity index (χ0n) is 10.9. The highest BCUT2D eigenvalue weighted by atomic mass is 16.5. The van der Waals surface area contributed by atoms with E-state index in [0.717, 1.165) is 31.8 Å². The average Bonchev–Trinajstić information content (AvgIpc) is 2.72. The van der Waals surface area contributed by atoms with E-state index in [1.165, 1.54) is 0 Å². The molecule has 0 saturated carbocycles. The summed E-state index contributed by atoms with van der Waals surface area (Å²) in [6.07, 6.45) is 3.15. The first-order chi connectivity index (χ1) is 8.19. The van der Waals surface area contributed by atoms with Crippen molar-refractivity contribution in [1.82, 2.24) is 20.0 Å². The molecule has 2 rings (SSSR count). The SMILES string of the molecule is CNC(Cc1ccn(C)n1)C1CN(C)CCO1. The Labute approximate surface area is 103 Å². The number of rotatable bonds is 4. The molecule has 1 aromatic rings. The highest BCUT2D eigenvalue weighted by molar-refractivity contribution is 5.03. The normalized spacial score (nSPS) is 23.8. The largest absolute Gasteiger partial charge is 0.374 e. The van der Waals surface area contributed by atoms with E-state index < -0.39 is 0 Å². The summed E-state index contributed by atoms with van der Waals surface area (Å²) in [5, 5.41) is 7.77. The molecule has 0 aromatic carbocycles. The molecule has 96 valence electrons. The maximum atomic E-state index is 5.84. The standard InChI is InChI=1S/C12H22N4O/c1-13-11(8-10-4-5-16(3)14-10)12-9-15(2)6-7-17-12/h4-5,11-13H,6-9H2,1-3H3. The fourth-order valence-electron chi connectivity index (χ4n) is 2.27. The molecular formula is C12H22N4O. The Morgan fingerprint density at radius 2 is 2.41 bits per heavy atom. The van der Waals surface area contributed by atoms with Crippen LogP contribution in [0.25, 0.3) is 0 Å². The van der Waals surface area contributed by atoms with Gasteiger partial charge in [-0.1, -0.05) is 0 Å². The zero-order valence-corrected chi connectivity index (χ0v) is 10.9. The van der Waals surface area contributed by atoms with Crippen LogP contribution in [0.5, 0.6) is 0 Å². The van der Waals surface area contributed by atoms with Crippen LogP contribution in [0.2, 0.25) is 0 Å². The van der Waals surface area contributed by atoms with E-state index in [0.29, 0.717) is 6.04 Å². The van der Waals surface area contributed by atoms with Crippen LogP contribution in [-0.2, 0) is 18.2 Å². The summed E-state index contributed by atoms with van der Waals surface area (Å²) in [5.41, 5.74) is 1.11. The van der Waals surface area contributed by atoms with Crippen molar-refractivity contribution >= 4 is 0 Å². The Morgan fingerprint density at radius 1 is 1.59 bits per heavy atom. The Balaban J connectivity index is 1.95. The number of aromatic nitrogens is 2. The third-order valence-electron chi connectivity index (χ3n) is 3.31. The number of ether oxygens (including phenoxy) is 1. The van der Waals surface area contributed by atoms with Crippen LogP contribution in [0.15, 0.2) is 12.3 Å². The number of morpholine rings is 1. The summed E-state index contributed by atoms with van der Waals surface area (Å²) < 4.78 is 7.68. The van der Waals surface area contributed by atoms with Gasteiger partial charge in [-0.15, -0.1) is 0 Å². The van der Waals surface area contributed by atoms with E-state index in [1.807, 2.05) is 25.0 Å². The van der Waals surface area contributed by atoms with Crippen molar-refractivity contribution in [3.8, 4) is 0 Å². The molecule has 0 spiro atoms. The summed E-state index contributed by atoms with van der Waals surface area (Å²) in [6.45, 7) is 2.83. The predicted octanol–water partition coefficient (Wildman–Crippen LogP) is -0.119. The highest BCUT2D eigenvalue weighted by Crippen LogP contribution is 2.11. The van der Waals surface area contributed by atoms with E-state index in [1.54, 1.807) is 0 Å². The van der Waals surface area contributed by atoms with E-state index in [9.17, 15) is 0 Å². The maximum Gasteiger partial charge on any atom is 0.0858 e. The molecule has 17 heavy (non-hydrogen) atoms. The van der Waals surface area contributed by atoms with Gasteiger partial charge in [-0.05, 0) is 20.2 Å². The number of aryl methyl sites for hydroxylation is 1. The quantitative estimate of drug-likeness (QED) is 0.794. The number of likely N-dealkylation sites (N-methyl/N-ethyl adjacent to an activating group) is 2. The van der Waals surface area contributed by atoms with E-state index in [-0.39, 0.29) is 6.10 Å². The number of nitrogens with one attached hydrogen (secondary N) is 1. The second kappa shape index (κ2) is 5.62. The predicted molar refractivity (Wildman–Crippen MR) is 67.0 cm³/mol. The Kier molecular flexibility index (Phi) is 4.15. The molecule has 1 aromatic heterocycles. The Morgan fingerprint density at radius 3 is 3.00 bits per heavy atom. The fourth-order valence-corrected chi connectivity index (χ4v) is 2.27. The van der Waals surface area contributed by atoms with Gasteiger partial charge in [-0.3, -0.25) is 4.68 Å². The van der Waals surface area contributed by atoms with Gasteiger partial charge in [0.15, 0.2) is 0 Å². The highest BCUT2D eigenvalue weighted by Gasteiger charge is 2.26. The van der Waals surface area contributed by atoms with Gasteiger partial charge in [0.25, 0.3) is 0 Å². The summed E-state index contributed by atoms with van der Waals surface area (Å²) in [5.74, 6) is 0. The molecule has 2 atom stereocenters. The van der Waals surface area contributed by atoms with Gasteiger partial charge in [0.05, 0.1) is 18.4 Å². The topological polar surface area (TPSA) is 42.3 Å². The van der Waals surface area contributed by atoms with Crippen molar-refractivity contribution in [3.05, 3.63) is 18.0 Å². The smallest absolute Gasteiger partial charge is 0.0858 e. The lowest BCUT2D eigenvalue weighted by molar-refractivity contribution is -0.0373. The molecule has 5 heteroatoms. The summed E-state index contributed by atoms with van der Waals surface area (Å²) >= 11 is 0. The first-order valence-electron chi connectivity index (χ1n) is 6.15. The van der Waals surface area contributed by atoms with Crippen LogP contribution in [0.1, 0.15) is 5.69 Å². The van der Waals surface area contributed by atoms with Gasteiger partial charge < -0.3 is 15.0 Å². The van der Waals surface area contributed by atoms with Crippen molar-refractivity contribution in [2.75, 3.05) is 33.8 Å². The molecule has 2 heterocycles. The fraction of sp³-hybridized carbons (Fsp3) is 0.750. The molecule has 0 bridgehead atoms. The second-order valence-electron chi connectivity index (χ2n) is 4.75. The first-order valence-corrected chi connectivity index (χ1v) is 6.15. The molecular weight excluding hydrogens is 216 g/mol. The Hall–Kier alpha value is -0.910. The number of hydrogen-bond acceptors (Lipinski definition) is 4. The van der Waals surface area contributed by atoms with Gasteiger partial charge in [0.1, 0.15) is 0 Å². The van der Waals surface area contributed by atoms with Crippen LogP contribution in [0.4, 0.5) is 0 Å². The van der Waals surface area contributed by atoms with Crippen LogP contribution in [0, 0.1) is 0 Å². The van der Waals surface area contributed by atoms with E-state index >= 15 is 0 Å². The molecule has 0 amide bonds. The van der Waals surface area contributed by atoms with Crippen LogP contribution < -0.4 is 5.32 Å². The van der Waals surface area contributed by atoms with Gasteiger partial charge in [-0.2, -0.15) is 5.10 Å². The summed E-state index contributed by atoms with van der Waals surface area (Å²) in [7, 11) is 6.08. The van der Waals surface area contributed by atoms with Crippen molar-refractivity contribution in [2.45, 2.75) is 18.6 Å². The lowest BCUT2D eigenvalue weighted by Crippen LogP contribution is -2.51. The van der Waals surface area contributed by atoms with Crippen molar-refractivity contribution in [3.63, 3.8) is 0 Å². The van der Waals surface area contributed by atoms with Crippen molar-refractivity contribution in [1.29, 1.82) is 0 Å². The second-order valence-corrected chi connectivity index (χ2v) is 4.75. The monoisotopic (exact) mass is 238 g/mol. The van der Waals surface area contributed by atoms with Crippen LogP contribution >= 0.6 is 0 Å². The minimum absolute atomic E-state index is 0.251. The van der Waals surface area contributed by atoms with Gasteiger partial charge >= 0.3 is 0 Å². The number of nitrogens with zero attached hydrogens (tertiary/aromatic N) is 3. The van der Waals surface area contributed by atoms with E-state index in [4.69, 9.17) is 4.74 Å². The van der Waals surface area contributed by atoms with Crippen LogP contribution in [-0.4, -0.2) is 60.6 Å². The third-order valence-corrected chi connectivity index (χ3v) is 3.31. The van der Waals surface area contributed by atoms with E-state index in [2.05, 4.69) is 28.4 Å². The van der Waals surface area contributed by atoms with Crippen molar-refractivity contribution in [2.24, 2.45) is 7.05 Å². The summed E-state index contributed by atoms with van der Waals surface area (Å²) in [6, 6.07) is 2.39. The lowest BCUT2D eigenvalue weighted by atomic mass is 10.0. The van der Waals surface area contributed by atoms with Crippen LogP contribution in [0.3, 0.4) is 0 Å². The zero-order chi connectivity index (χ0) is 12.3. The molecule has 1 aliphatic heterocycles. The average molecular weight is 238 g/mol. The molecule has 5 nitrogen and oxygen atoms in total. The van der Waals surface area contributed by atoms with Crippen molar-refractivity contribution < 1.29 is 4.74 Å². The molecule has 1 saturated heterocycles. The lowest BCUT2D eigenvalue weighted by Gasteiger charge is -2.34. The first kappa shape index (κ1) is 12.5. The Bertz CT molecular complexity index is 352. The van der Waals surface area contributed by atoms with Gasteiger partial charge in [-0.25, -0.2) is 0 Å². The molecule has 1 N–H and O–H groups in total. The molecule has 0 aliphatic carbocycles. The molecule has 1 aliphatic rings. The third kappa shape index (κ3) is 3.28. The minimum Gasteiger partial charge on any atom is -0.374 e.